The van der Waals surface area contributed by atoms with Gasteiger partial charge in [0.15, 0.2) is 0 Å². The fraction of sp³-hybridized carbons (Fsp3) is 0.643. The van der Waals surface area contributed by atoms with Crippen LogP contribution in [0.1, 0.15) is 37.0 Å². The van der Waals surface area contributed by atoms with E-state index in [4.69, 9.17) is 0 Å². The molecule has 0 aromatic carbocycles. The average molecular weight is 264 g/mol. The van der Waals surface area contributed by atoms with Crippen LogP contribution in [0.15, 0.2) is 17.5 Å². The first-order valence-electron chi connectivity index (χ1n) is 6.77. The number of hydrogen-bond acceptors (Lipinski definition) is 3. The van der Waals surface area contributed by atoms with Crippen molar-refractivity contribution in [2.45, 2.75) is 44.2 Å². The van der Waals surface area contributed by atoms with Crippen molar-refractivity contribution in [3.05, 3.63) is 22.4 Å². The summed E-state index contributed by atoms with van der Waals surface area (Å²) in [5.74, 6) is 0.720. The molecular weight excluding hydrogens is 244 g/mol. The highest BCUT2D eigenvalue weighted by Crippen LogP contribution is 2.31. The molecule has 1 saturated heterocycles. The second kappa shape index (κ2) is 5.02. The molecular formula is C14H20N2OS. The molecule has 3 rings (SSSR count). The fourth-order valence-electron chi connectivity index (χ4n) is 2.79. The number of amides is 1. The SMILES string of the molecule is CC(=O)N1CC(NC2CC2)CC(c2cccs2)C1. The molecule has 4 heteroatoms. The molecule has 2 unspecified atom stereocenters. The van der Waals surface area contributed by atoms with Crippen molar-refractivity contribution in [3.63, 3.8) is 0 Å². The molecule has 0 radical (unpaired) electrons. The fourth-order valence-corrected chi connectivity index (χ4v) is 3.62. The summed E-state index contributed by atoms with van der Waals surface area (Å²) in [6.45, 7) is 3.46. The Morgan fingerprint density at radius 2 is 2.22 bits per heavy atom. The molecule has 3 nitrogen and oxygen atoms in total. The summed E-state index contributed by atoms with van der Waals surface area (Å²) in [5.41, 5.74) is 0. The van der Waals surface area contributed by atoms with E-state index in [0.717, 1.165) is 13.1 Å². The van der Waals surface area contributed by atoms with Crippen molar-refractivity contribution in [2.24, 2.45) is 0 Å². The number of thiophene rings is 1. The smallest absolute Gasteiger partial charge is 0.219 e. The van der Waals surface area contributed by atoms with Gasteiger partial charge in [-0.25, -0.2) is 0 Å². The zero-order valence-corrected chi connectivity index (χ0v) is 11.6. The standard InChI is InChI=1S/C14H20N2OS/c1-10(17)16-8-11(14-3-2-6-18-14)7-13(9-16)15-12-4-5-12/h2-3,6,11-13,15H,4-5,7-9H2,1H3. The van der Waals surface area contributed by atoms with Gasteiger partial charge in [-0.1, -0.05) is 6.07 Å². The molecule has 1 aromatic heterocycles. The molecule has 1 aliphatic carbocycles. The van der Waals surface area contributed by atoms with Crippen LogP contribution >= 0.6 is 11.3 Å². The maximum atomic E-state index is 11.7. The molecule has 0 bridgehead atoms. The quantitative estimate of drug-likeness (QED) is 0.908. The highest BCUT2D eigenvalue weighted by Gasteiger charge is 2.33. The van der Waals surface area contributed by atoms with Crippen molar-refractivity contribution < 1.29 is 4.79 Å². The van der Waals surface area contributed by atoms with Gasteiger partial charge in [0.25, 0.3) is 0 Å². The molecule has 1 aliphatic heterocycles. The van der Waals surface area contributed by atoms with E-state index < -0.39 is 0 Å². The van der Waals surface area contributed by atoms with Crippen LogP contribution in [0.2, 0.25) is 0 Å². The maximum Gasteiger partial charge on any atom is 0.219 e. The lowest BCUT2D eigenvalue weighted by Gasteiger charge is -2.37. The van der Waals surface area contributed by atoms with Gasteiger partial charge in [-0.05, 0) is 30.7 Å². The minimum atomic E-state index is 0.207. The normalized spacial score (nSPS) is 28.4. The number of nitrogens with zero attached hydrogens (tertiary/aromatic N) is 1. The van der Waals surface area contributed by atoms with Gasteiger partial charge in [-0.15, -0.1) is 11.3 Å². The Hall–Kier alpha value is -0.870. The molecule has 2 atom stereocenters. The first-order chi connectivity index (χ1) is 8.72. The number of carbonyl (C=O) groups is 1. The third-order valence-electron chi connectivity index (χ3n) is 3.89. The number of likely N-dealkylation sites (tertiary alicyclic amines) is 1. The number of piperidine rings is 1. The van der Waals surface area contributed by atoms with Crippen LogP contribution in [-0.4, -0.2) is 36.0 Å². The second-order valence-corrected chi connectivity index (χ2v) is 6.49. The van der Waals surface area contributed by atoms with Gasteiger partial charge in [0, 0.05) is 42.9 Å². The van der Waals surface area contributed by atoms with Crippen LogP contribution in [0.3, 0.4) is 0 Å². The Morgan fingerprint density at radius 3 is 2.83 bits per heavy atom. The maximum absolute atomic E-state index is 11.7. The van der Waals surface area contributed by atoms with Gasteiger partial charge in [0.2, 0.25) is 5.91 Å². The Balaban J connectivity index is 1.71. The van der Waals surface area contributed by atoms with Gasteiger partial charge in [0.1, 0.15) is 0 Å². The van der Waals surface area contributed by atoms with E-state index in [-0.39, 0.29) is 5.91 Å². The van der Waals surface area contributed by atoms with E-state index in [1.165, 1.54) is 24.1 Å². The van der Waals surface area contributed by atoms with E-state index in [2.05, 4.69) is 22.8 Å². The first-order valence-corrected chi connectivity index (χ1v) is 7.65. The molecule has 2 fully saturated rings. The van der Waals surface area contributed by atoms with Crippen molar-refractivity contribution in [1.82, 2.24) is 10.2 Å². The summed E-state index contributed by atoms with van der Waals surface area (Å²) >= 11 is 1.81. The van der Waals surface area contributed by atoms with Crippen LogP contribution < -0.4 is 5.32 Å². The van der Waals surface area contributed by atoms with Crippen molar-refractivity contribution >= 4 is 17.2 Å². The van der Waals surface area contributed by atoms with Crippen molar-refractivity contribution in [3.8, 4) is 0 Å². The largest absolute Gasteiger partial charge is 0.341 e. The summed E-state index contributed by atoms with van der Waals surface area (Å²) in [5, 5.41) is 5.81. The Kier molecular flexibility index (Phi) is 3.39. The summed E-state index contributed by atoms with van der Waals surface area (Å²) in [7, 11) is 0. The molecule has 2 heterocycles. The summed E-state index contributed by atoms with van der Waals surface area (Å²) in [6.07, 6.45) is 3.78. The predicted molar refractivity (Wildman–Crippen MR) is 73.9 cm³/mol. The first kappa shape index (κ1) is 12.2. The lowest BCUT2D eigenvalue weighted by Crippen LogP contribution is -2.50. The second-order valence-electron chi connectivity index (χ2n) is 5.51. The molecule has 1 N–H and O–H groups in total. The monoisotopic (exact) mass is 264 g/mol. The van der Waals surface area contributed by atoms with Gasteiger partial charge in [-0.2, -0.15) is 0 Å². The number of hydrogen-bond donors (Lipinski definition) is 1. The van der Waals surface area contributed by atoms with Crippen molar-refractivity contribution in [2.75, 3.05) is 13.1 Å². The molecule has 0 spiro atoms. The van der Waals surface area contributed by atoms with Crippen LogP contribution in [0, 0.1) is 0 Å². The van der Waals surface area contributed by atoms with E-state index in [1.54, 1.807) is 6.92 Å². The molecule has 2 aliphatic rings. The van der Waals surface area contributed by atoms with Gasteiger partial charge < -0.3 is 10.2 Å². The molecule has 1 amide bonds. The predicted octanol–water partition coefficient (Wildman–Crippen LogP) is 2.20. The average Bonchev–Trinajstić information content (AvgIpc) is 2.99. The lowest BCUT2D eigenvalue weighted by molar-refractivity contribution is -0.130. The lowest BCUT2D eigenvalue weighted by atomic mass is 9.92. The van der Waals surface area contributed by atoms with Crippen molar-refractivity contribution in [1.29, 1.82) is 0 Å². The minimum Gasteiger partial charge on any atom is -0.341 e. The molecule has 1 aromatic rings. The molecule has 98 valence electrons. The number of nitrogens with one attached hydrogen (secondary N) is 1. The van der Waals surface area contributed by atoms with E-state index in [9.17, 15) is 4.79 Å². The zero-order valence-electron chi connectivity index (χ0n) is 10.8. The third kappa shape index (κ3) is 2.75. The zero-order chi connectivity index (χ0) is 12.5. The third-order valence-corrected chi connectivity index (χ3v) is 4.93. The molecule has 1 saturated carbocycles. The summed E-state index contributed by atoms with van der Waals surface area (Å²) in [4.78, 5) is 15.1. The van der Waals surface area contributed by atoms with Gasteiger partial charge in [0.05, 0.1) is 0 Å². The van der Waals surface area contributed by atoms with E-state index >= 15 is 0 Å². The Morgan fingerprint density at radius 1 is 1.39 bits per heavy atom. The van der Waals surface area contributed by atoms with Crippen LogP contribution in [0.25, 0.3) is 0 Å². The summed E-state index contributed by atoms with van der Waals surface area (Å²) < 4.78 is 0. The Labute approximate surface area is 112 Å². The highest BCUT2D eigenvalue weighted by atomic mass is 32.1. The van der Waals surface area contributed by atoms with E-state index in [0.29, 0.717) is 18.0 Å². The highest BCUT2D eigenvalue weighted by molar-refractivity contribution is 7.10. The van der Waals surface area contributed by atoms with E-state index in [1.807, 2.05) is 16.2 Å². The van der Waals surface area contributed by atoms with Gasteiger partial charge in [-0.3, -0.25) is 4.79 Å². The van der Waals surface area contributed by atoms with Crippen LogP contribution in [0.4, 0.5) is 0 Å². The van der Waals surface area contributed by atoms with Crippen LogP contribution in [0.5, 0.6) is 0 Å². The van der Waals surface area contributed by atoms with Gasteiger partial charge >= 0.3 is 0 Å². The summed E-state index contributed by atoms with van der Waals surface area (Å²) in [6, 6.07) is 5.50. The molecule has 18 heavy (non-hydrogen) atoms. The minimum absolute atomic E-state index is 0.207. The van der Waals surface area contributed by atoms with Crippen LogP contribution in [-0.2, 0) is 4.79 Å². The topological polar surface area (TPSA) is 32.3 Å². The number of carbonyl (C=O) groups excluding carboxylic acids is 1. The Bertz CT molecular complexity index is 413. The number of rotatable bonds is 3.